The first kappa shape index (κ1) is 14.2. The summed E-state index contributed by atoms with van der Waals surface area (Å²) in [5.74, 6) is 0.805. The van der Waals surface area contributed by atoms with E-state index in [0.29, 0.717) is 0 Å². The predicted molar refractivity (Wildman–Crippen MR) is 85.8 cm³/mol. The number of fused-ring (bicyclic) bond motifs is 1. The van der Waals surface area contributed by atoms with Gasteiger partial charge in [0, 0.05) is 24.7 Å². The van der Waals surface area contributed by atoms with Gasteiger partial charge in [-0.05, 0) is 31.4 Å². The van der Waals surface area contributed by atoms with Gasteiger partial charge in [0.15, 0.2) is 0 Å². The highest BCUT2D eigenvalue weighted by Gasteiger charge is 2.23. The molecule has 1 aliphatic carbocycles. The quantitative estimate of drug-likeness (QED) is 0.774. The van der Waals surface area contributed by atoms with Crippen molar-refractivity contribution in [1.29, 1.82) is 0 Å². The van der Waals surface area contributed by atoms with Gasteiger partial charge in [-0.2, -0.15) is 0 Å². The van der Waals surface area contributed by atoms with Crippen LogP contribution in [0.1, 0.15) is 30.6 Å². The van der Waals surface area contributed by atoms with Crippen LogP contribution in [0.3, 0.4) is 0 Å². The number of hydrogen-bond donors (Lipinski definition) is 0. The van der Waals surface area contributed by atoms with Crippen molar-refractivity contribution in [2.75, 3.05) is 11.9 Å². The number of nitrogens with zero attached hydrogens (tertiary/aromatic N) is 1. The van der Waals surface area contributed by atoms with Gasteiger partial charge in [0.25, 0.3) is 0 Å². The molecule has 110 valence electrons. The maximum atomic E-state index is 12.0. The van der Waals surface area contributed by atoms with Gasteiger partial charge < -0.3 is 9.32 Å². The second-order valence-electron chi connectivity index (χ2n) is 5.41. The standard InChI is InChI=1S/C17H18ClNO2/c1-19(12-8-4-2-5-9-12)16-13-10-6-3-7-11-14(13)21-17(20)15(16)18/h2,4-5,8-9H,3,6-7,10-11H2,1H3. The third-order valence-electron chi connectivity index (χ3n) is 4.03. The van der Waals surface area contributed by atoms with Crippen molar-refractivity contribution in [3.8, 4) is 0 Å². The van der Waals surface area contributed by atoms with Crippen LogP contribution in [0.25, 0.3) is 0 Å². The molecule has 1 aromatic carbocycles. The van der Waals surface area contributed by atoms with Crippen LogP contribution in [0.2, 0.25) is 5.02 Å². The zero-order valence-corrected chi connectivity index (χ0v) is 12.8. The van der Waals surface area contributed by atoms with E-state index in [2.05, 4.69) is 0 Å². The van der Waals surface area contributed by atoms with Crippen LogP contribution in [-0.4, -0.2) is 7.05 Å². The van der Waals surface area contributed by atoms with Gasteiger partial charge in [0.05, 0.1) is 5.69 Å². The number of anilines is 2. The van der Waals surface area contributed by atoms with Crippen molar-refractivity contribution < 1.29 is 4.42 Å². The highest BCUT2D eigenvalue weighted by molar-refractivity contribution is 6.33. The van der Waals surface area contributed by atoms with Crippen molar-refractivity contribution >= 4 is 23.0 Å². The summed E-state index contributed by atoms with van der Waals surface area (Å²) in [5, 5.41) is 0.182. The molecule has 0 fully saturated rings. The number of rotatable bonds is 2. The van der Waals surface area contributed by atoms with Gasteiger partial charge >= 0.3 is 5.63 Å². The van der Waals surface area contributed by atoms with Crippen LogP contribution < -0.4 is 10.5 Å². The van der Waals surface area contributed by atoms with E-state index in [-0.39, 0.29) is 5.02 Å². The highest BCUT2D eigenvalue weighted by atomic mass is 35.5. The molecule has 21 heavy (non-hydrogen) atoms. The summed E-state index contributed by atoms with van der Waals surface area (Å²) in [4.78, 5) is 14.0. The Morgan fingerprint density at radius 1 is 1.10 bits per heavy atom. The maximum absolute atomic E-state index is 12.0. The van der Waals surface area contributed by atoms with E-state index >= 15 is 0 Å². The smallest absolute Gasteiger partial charge is 0.357 e. The fourth-order valence-electron chi connectivity index (χ4n) is 2.93. The van der Waals surface area contributed by atoms with Crippen molar-refractivity contribution in [2.24, 2.45) is 0 Å². The highest BCUT2D eigenvalue weighted by Crippen LogP contribution is 2.36. The number of para-hydroxylation sites is 1. The number of benzene rings is 1. The summed E-state index contributed by atoms with van der Waals surface area (Å²) in [6.07, 6.45) is 5.05. The van der Waals surface area contributed by atoms with Crippen molar-refractivity contribution in [2.45, 2.75) is 32.1 Å². The summed E-state index contributed by atoms with van der Waals surface area (Å²) < 4.78 is 5.42. The molecule has 0 atom stereocenters. The lowest BCUT2D eigenvalue weighted by Gasteiger charge is -2.24. The summed E-state index contributed by atoms with van der Waals surface area (Å²) in [6.45, 7) is 0. The summed E-state index contributed by atoms with van der Waals surface area (Å²) >= 11 is 6.28. The molecule has 0 saturated heterocycles. The molecule has 4 heteroatoms. The van der Waals surface area contributed by atoms with E-state index in [1.165, 1.54) is 0 Å². The molecular formula is C17H18ClNO2. The summed E-state index contributed by atoms with van der Waals surface area (Å²) in [6, 6.07) is 9.94. The molecule has 3 nitrogen and oxygen atoms in total. The maximum Gasteiger partial charge on any atom is 0.357 e. The largest absolute Gasteiger partial charge is 0.426 e. The van der Waals surface area contributed by atoms with Crippen molar-refractivity contribution in [1.82, 2.24) is 0 Å². The molecule has 0 radical (unpaired) electrons. The Labute approximate surface area is 129 Å². The van der Waals surface area contributed by atoms with Gasteiger partial charge in [-0.1, -0.05) is 36.2 Å². The van der Waals surface area contributed by atoms with E-state index in [4.69, 9.17) is 16.0 Å². The first-order chi connectivity index (χ1) is 10.2. The van der Waals surface area contributed by atoms with E-state index in [9.17, 15) is 4.79 Å². The van der Waals surface area contributed by atoms with E-state index < -0.39 is 5.63 Å². The fourth-order valence-corrected chi connectivity index (χ4v) is 3.21. The van der Waals surface area contributed by atoms with Crippen LogP contribution in [0, 0.1) is 0 Å². The first-order valence-electron chi connectivity index (χ1n) is 7.31. The van der Waals surface area contributed by atoms with Gasteiger partial charge in [0.1, 0.15) is 10.8 Å². The van der Waals surface area contributed by atoms with E-state index in [1.807, 2.05) is 42.3 Å². The zero-order chi connectivity index (χ0) is 14.8. The van der Waals surface area contributed by atoms with Crippen molar-refractivity contribution in [3.63, 3.8) is 0 Å². The van der Waals surface area contributed by atoms with Crippen LogP contribution in [0.5, 0.6) is 0 Å². The molecule has 1 aromatic heterocycles. The predicted octanol–water partition coefficient (Wildman–Crippen LogP) is 4.33. The third-order valence-corrected chi connectivity index (χ3v) is 4.37. The van der Waals surface area contributed by atoms with Gasteiger partial charge in [-0.25, -0.2) is 4.79 Å². The van der Waals surface area contributed by atoms with E-state index in [1.54, 1.807) is 0 Å². The molecule has 1 heterocycles. The molecule has 0 bridgehead atoms. The average Bonchev–Trinajstić information content (AvgIpc) is 2.74. The SMILES string of the molecule is CN(c1ccccc1)c1c2c(oc(=O)c1Cl)CCCCC2. The zero-order valence-electron chi connectivity index (χ0n) is 12.1. The Morgan fingerprint density at radius 3 is 2.57 bits per heavy atom. The minimum absolute atomic E-state index is 0.182. The van der Waals surface area contributed by atoms with Crippen LogP contribution >= 0.6 is 11.6 Å². The Morgan fingerprint density at radius 2 is 1.81 bits per heavy atom. The summed E-state index contributed by atoms with van der Waals surface area (Å²) in [7, 11) is 1.95. The molecule has 0 N–H and O–H groups in total. The Bertz CT molecular complexity index is 694. The molecule has 0 spiro atoms. The molecule has 2 aromatic rings. The lowest BCUT2D eigenvalue weighted by Crippen LogP contribution is -2.18. The topological polar surface area (TPSA) is 33.5 Å². The molecule has 0 saturated carbocycles. The molecule has 0 unspecified atom stereocenters. The molecule has 3 rings (SSSR count). The van der Waals surface area contributed by atoms with Gasteiger partial charge in [-0.15, -0.1) is 0 Å². The number of aryl methyl sites for hydroxylation is 1. The Hall–Kier alpha value is -1.74. The van der Waals surface area contributed by atoms with Crippen molar-refractivity contribution in [3.05, 3.63) is 57.1 Å². The van der Waals surface area contributed by atoms with E-state index in [0.717, 1.165) is 54.8 Å². The van der Waals surface area contributed by atoms with Crippen LogP contribution in [0.4, 0.5) is 11.4 Å². The molecular weight excluding hydrogens is 286 g/mol. The van der Waals surface area contributed by atoms with Gasteiger partial charge in [0.2, 0.25) is 0 Å². The summed E-state index contributed by atoms with van der Waals surface area (Å²) in [5.41, 5.74) is 2.46. The normalized spacial score (nSPS) is 14.4. The van der Waals surface area contributed by atoms with Crippen LogP contribution in [0.15, 0.2) is 39.5 Å². The minimum Gasteiger partial charge on any atom is -0.426 e. The van der Waals surface area contributed by atoms with Gasteiger partial charge in [-0.3, -0.25) is 0 Å². The molecule has 1 aliphatic rings. The Kier molecular flexibility index (Phi) is 4.02. The molecule has 0 aliphatic heterocycles. The number of halogens is 1. The lowest BCUT2D eigenvalue weighted by molar-refractivity contribution is 0.453. The minimum atomic E-state index is -0.435. The molecule has 0 amide bonds. The monoisotopic (exact) mass is 303 g/mol. The number of hydrogen-bond acceptors (Lipinski definition) is 3. The average molecular weight is 304 g/mol. The lowest BCUT2D eigenvalue weighted by atomic mass is 10.1. The fraction of sp³-hybridized carbons (Fsp3) is 0.353. The third kappa shape index (κ3) is 2.70. The Balaban J connectivity index is 2.17. The van der Waals surface area contributed by atoms with Crippen LogP contribution in [-0.2, 0) is 12.8 Å². The first-order valence-corrected chi connectivity index (χ1v) is 7.69. The second-order valence-corrected chi connectivity index (χ2v) is 5.79. The second kappa shape index (κ2) is 5.94.